The number of carbonyl (C=O) groups excluding carboxylic acids is 4. The Balaban J connectivity index is 5.36. The first-order chi connectivity index (χ1) is 49.7. The van der Waals surface area contributed by atoms with Crippen molar-refractivity contribution in [3.05, 3.63) is 97.2 Å². The van der Waals surface area contributed by atoms with Crippen molar-refractivity contribution in [2.24, 2.45) is 0 Å². The van der Waals surface area contributed by atoms with Crippen molar-refractivity contribution in [2.45, 2.75) is 367 Å². The molecule has 0 bridgehead atoms. The molecule has 102 heavy (non-hydrogen) atoms. The lowest BCUT2D eigenvalue weighted by atomic mass is 10.0. The Morgan fingerprint density at radius 1 is 0.284 bits per heavy atom. The molecule has 17 nitrogen and oxygen atoms in total. The molecule has 0 aromatic rings. The van der Waals surface area contributed by atoms with E-state index in [1.807, 2.05) is 12.2 Å². The summed E-state index contributed by atoms with van der Waals surface area (Å²) in [7, 11) is -9.96. The Morgan fingerprint density at radius 3 is 0.843 bits per heavy atom. The molecule has 590 valence electrons. The zero-order valence-electron chi connectivity index (χ0n) is 64.5. The van der Waals surface area contributed by atoms with Gasteiger partial charge in [0.05, 0.1) is 26.4 Å². The third-order valence-corrected chi connectivity index (χ3v) is 19.0. The first-order valence-corrected chi connectivity index (χ1v) is 43.5. The Kier molecular flexibility index (Phi) is 72.3. The quantitative estimate of drug-likeness (QED) is 0.0169. The van der Waals surface area contributed by atoms with Crippen LogP contribution in [0.5, 0.6) is 0 Å². The largest absolute Gasteiger partial charge is 0.472 e. The van der Waals surface area contributed by atoms with Crippen molar-refractivity contribution in [1.29, 1.82) is 0 Å². The van der Waals surface area contributed by atoms with Crippen LogP contribution in [0.2, 0.25) is 0 Å². The van der Waals surface area contributed by atoms with Crippen LogP contribution in [0.4, 0.5) is 0 Å². The van der Waals surface area contributed by atoms with Crippen LogP contribution >= 0.6 is 15.6 Å². The van der Waals surface area contributed by atoms with E-state index in [9.17, 15) is 43.2 Å². The van der Waals surface area contributed by atoms with E-state index < -0.39 is 97.5 Å². The van der Waals surface area contributed by atoms with Gasteiger partial charge < -0.3 is 33.8 Å². The topological polar surface area (TPSA) is 237 Å². The minimum atomic E-state index is -4.98. The van der Waals surface area contributed by atoms with Gasteiger partial charge in [0.1, 0.15) is 19.3 Å². The summed E-state index contributed by atoms with van der Waals surface area (Å²) in [6.07, 6.45) is 79.6. The molecule has 0 heterocycles. The number of allylic oxidation sites excluding steroid dienone is 16. The molecule has 0 aromatic heterocycles. The van der Waals surface area contributed by atoms with E-state index in [2.05, 4.69) is 113 Å². The van der Waals surface area contributed by atoms with Crippen molar-refractivity contribution < 1.29 is 80.2 Å². The molecule has 0 rings (SSSR count). The number of hydrogen-bond donors (Lipinski definition) is 3. The van der Waals surface area contributed by atoms with Crippen LogP contribution in [0, 0.1) is 0 Å². The van der Waals surface area contributed by atoms with Gasteiger partial charge >= 0.3 is 39.5 Å². The van der Waals surface area contributed by atoms with Gasteiger partial charge in [-0.1, -0.05) is 318 Å². The van der Waals surface area contributed by atoms with Gasteiger partial charge in [0.2, 0.25) is 0 Å². The summed E-state index contributed by atoms with van der Waals surface area (Å²) in [4.78, 5) is 73.0. The maximum absolute atomic E-state index is 13.1. The fourth-order valence-corrected chi connectivity index (χ4v) is 12.5. The highest BCUT2D eigenvalue weighted by atomic mass is 31.2. The number of aliphatic hydroxyl groups is 1. The van der Waals surface area contributed by atoms with Gasteiger partial charge in [-0.15, -0.1) is 0 Å². The molecule has 0 aromatic carbocycles. The molecule has 3 N–H and O–H groups in total. The predicted octanol–water partition coefficient (Wildman–Crippen LogP) is 23.6. The number of carbonyl (C=O) groups is 4. The molecule has 0 saturated carbocycles. The molecular formula is C83H146O17P2. The average Bonchev–Trinajstić information content (AvgIpc) is 0.907. The first-order valence-electron chi connectivity index (χ1n) is 40.5. The first kappa shape index (κ1) is 98.0. The molecule has 0 radical (unpaired) electrons. The number of phosphoric ester groups is 2. The van der Waals surface area contributed by atoms with E-state index in [1.54, 1.807) is 0 Å². The van der Waals surface area contributed by atoms with E-state index in [0.29, 0.717) is 32.1 Å². The molecule has 0 aliphatic heterocycles. The molecule has 0 fully saturated rings. The molecule has 0 aliphatic rings. The minimum Gasteiger partial charge on any atom is -0.462 e. The van der Waals surface area contributed by atoms with Gasteiger partial charge in [0.15, 0.2) is 12.2 Å². The normalized spacial score (nSPS) is 14.4. The van der Waals surface area contributed by atoms with Crippen LogP contribution in [0.1, 0.15) is 349 Å². The van der Waals surface area contributed by atoms with Crippen LogP contribution in [-0.2, 0) is 65.4 Å². The van der Waals surface area contributed by atoms with Crippen LogP contribution in [0.25, 0.3) is 0 Å². The lowest BCUT2D eigenvalue weighted by Gasteiger charge is -2.21. The van der Waals surface area contributed by atoms with E-state index in [-0.39, 0.29) is 25.7 Å². The van der Waals surface area contributed by atoms with Crippen LogP contribution < -0.4 is 0 Å². The summed E-state index contributed by atoms with van der Waals surface area (Å²) in [5.41, 5.74) is 0. The summed E-state index contributed by atoms with van der Waals surface area (Å²) in [6.45, 7) is 4.71. The third kappa shape index (κ3) is 74.3. The lowest BCUT2D eigenvalue weighted by Crippen LogP contribution is -2.30. The zero-order chi connectivity index (χ0) is 74.6. The Morgan fingerprint density at radius 2 is 0.520 bits per heavy atom. The van der Waals surface area contributed by atoms with E-state index in [1.165, 1.54) is 122 Å². The van der Waals surface area contributed by atoms with Gasteiger partial charge in [-0.25, -0.2) is 9.13 Å². The number of ether oxygens (including phenoxy) is 4. The van der Waals surface area contributed by atoms with Gasteiger partial charge in [-0.05, 0) is 103 Å². The second-order valence-corrected chi connectivity index (χ2v) is 29.9. The molecule has 5 unspecified atom stereocenters. The third-order valence-electron chi connectivity index (χ3n) is 17.1. The van der Waals surface area contributed by atoms with E-state index >= 15 is 0 Å². The zero-order valence-corrected chi connectivity index (χ0v) is 66.3. The SMILES string of the molecule is CC/C=C\C/C=C\C/C=C\C/C=C\C/C=C\CCCC(=O)OCC(COP(=O)(O)OCC(O)COP(=O)(O)OCC(COC(=O)CCCCCCCC/C=C\C/C=C\C/C=C\CCCCC)OC(=O)CCCCCCCCCCCCCCC)OC(=O)CCCCCCCCCCCCCCC. The fourth-order valence-electron chi connectivity index (χ4n) is 10.9. The van der Waals surface area contributed by atoms with Crippen molar-refractivity contribution in [3.63, 3.8) is 0 Å². The van der Waals surface area contributed by atoms with Crippen LogP contribution in [0.3, 0.4) is 0 Å². The number of hydrogen-bond acceptors (Lipinski definition) is 15. The lowest BCUT2D eigenvalue weighted by molar-refractivity contribution is -0.161. The molecule has 0 amide bonds. The van der Waals surface area contributed by atoms with E-state index in [0.717, 1.165) is 141 Å². The average molecular weight is 1480 g/mol. The smallest absolute Gasteiger partial charge is 0.462 e. The summed E-state index contributed by atoms with van der Waals surface area (Å²) in [5, 5.41) is 10.6. The fraction of sp³-hybridized carbons (Fsp3) is 0.759. The molecule has 0 spiro atoms. The Bertz CT molecular complexity index is 2310. The molecular weight excluding hydrogens is 1330 g/mol. The van der Waals surface area contributed by atoms with Crippen molar-refractivity contribution in [2.75, 3.05) is 39.6 Å². The van der Waals surface area contributed by atoms with Crippen molar-refractivity contribution >= 4 is 39.5 Å². The highest BCUT2D eigenvalue weighted by molar-refractivity contribution is 7.47. The second kappa shape index (κ2) is 75.2. The standard InChI is InChI=1S/C83H146O17P2/c1-5-9-13-17-21-25-29-33-35-37-38-40-42-46-48-52-56-60-64-68-81(86)94-74-79(100-83(88)70-66-62-58-54-50-44-32-28-24-20-16-12-8-4)76-98-102(91,92)96-72-77(84)71-95-101(89,90)97-75-78(99-82(87)69-65-61-57-53-49-43-31-27-23-19-15-11-7-3)73-93-80(85)67-63-59-55-51-47-45-41-39-36-34-30-26-22-18-14-10-6-2/h10,14,21-22,25-26,33-36,38,40-41,45,51,55,77-79,84H,5-9,11-13,15-20,23-24,27-32,37,39,42-44,46-50,52-54,56-76H2,1-4H3,(H,89,90)(H,91,92)/b14-10-,25-21-,26-22-,35-33-,36-34-,40-38-,45-41-,55-51-. The van der Waals surface area contributed by atoms with Gasteiger partial charge in [0.25, 0.3) is 0 Å². The maximum atomic E-state index is 13.1. The summed E-state index contributed by atoms with van der Waals surface area (Å²) in [5.74, 6) is -2.23. The summed E-state index contributed by atoms with van der Waals surface area (Å²) >= 11 is 0. The number of phosphoric acid groups is 2. The molecule has 0 aliphatic carbocycles. The van der Waals surface area contributed by atoms with Crippen LogP contribution in [0.15, 0.2) is 97.2 Å². The number of esters is 4. The highest BCUT2D eigenvalue weighted by Gasteiger charge is 2.30. The van der Waals surface area contributed by atoms with Gasteiger partial charge in [-0.2, -0.15) is 0 Å². The predicted molar refractivity (Wildman–Crippen MR) is 418 cm³/mol. The number of aliphatic hydroxyl groups excluding tert-OH is 1. The molecule has 19 heteroatoms. The van der Waals surface area contributed by atoms with Gasteiger partial charge in [0, 0.05) is 25.7 Å². The number of rotatable bonds is 76. The summed E-state index contributed by atoms with van der Waals surface area (Å²) < 4.78 is 68.6. The molecule has 5 atom stereocenters. The van der Waals surface area contributed by atoms with Crippen molar-refractivity contribution in [3.8, 4) is 0 Å². The number of unbranched alkanes of at least 4 members (excludes halogenated alkanes) is 34. The second-order valence-electron chi connectivity index (χ2n) is 27.0. The van der Waals surface area contributed by atoms with Crippen LogP contribution in [-0.4, -0.2) is 96.7 Å². The Hall–Kier alpha value is -4.02. The summed E-state index contributed by atoms with van der Waals surface area (Å²) in [6, 6.07) is 0. The maximum Gasteiger partial charge on any atom is 0.472 e. The van der Waals surface area contributed by atoms with Crippen molar-refractivity contribution in [1.82, 2.24) is 0 Å². The highest BCUT2D eigenvalue weighted by Crippen LogP contribution is 2.45. The van der Waals surface area contributed by atoms with E-state index in [4.69, 9.17) is 37.0 Å². The Labute approximate surface area is 620 Å². The minimum absolute atomic E-state index is 0.0853. The molecule has 0 saturated heterocycles. The monoisotopic (exact) mass is 1480 g/mol. The van der Waals surface area contributed by atoms with Gasteiger partial charge in [-0.3, -0.25) is 37.3 Å².